The van der Waals surface area contributed by atoms with E-state index in [1.165, 1.54) is 11.3 Å². The third-order valence-corrected chi connectivity index (χ3v) is 4.69. The fourth-order valence-electron chi connectivity index (χ4n) is 2.27. The number of carbonyl (C=O) groups excluding carboxylic acids is 1. The van der Waals surface area contributed by atoms with Crippen LogP contribution in [0.25, 0.3) is 10.4 Å². The summed E-state index contributed by atoms with van der Waals surface area (Å²) in [6.45, 7) is 3.86. The zero-order valence-electron chi connectivity index (χ0n) is 14.2. The average Bonchev–Trinajstić information content (AvgIpc) is 3.22. The highest BCUT2D eigenvalue weighted by Crippen LogP contribution is 2.36. The highest BCUT2D eigenvalue weighted by Gasteiger charge is 2.19. The molecule has 0 saturated heterocycles. The van der Waals surface area contributed by atoms with Gasteiger partial charge in [0.05, 0.1) is 12.2 Å². The van der Waals surface area contributed by atoms with E-state index in [0.29, 0.717) is 33.9 Å². The van der Waals surface area contributed by atoms with Crippen LogP contribution >= 0.6 is 23.6 Å². The molecule has 0 aliphatic heterocycles. The molecule has 0 spiro atoms. The molecular formula is C18H17N3O3S2. The number of hydrogen-bond acceptors (Lipinski definition) is 6. The van der Waals surface area contributed by atoms with Gasteiger partial charge in [0, 0.05) is 10.9 Å². The van der Waals surface area contributed by atoms with Crippen LogP contribution in [-0.2, 0) is 4.74 Å². The van der Waals surface area contributed by atoms with Gasteiger partial charge in [-0.2, -0.15) is 0 Å². The first kappa shape index (κ1) is 18.1. The van der Waals surface area contributed by atoms with Crippen LogP contribution in [0, 0.1) is 6.92 Å². The number of nitrogens with one attached hydrogen (secondary N) is 2. The van der Waals surface area contributed by atoms with E-state index in [0.717, 1.165) is 10.4 Å². The van der Waals surface area contributed by atoms with Gasteiger partial charge in [0.2, 0.25) is 0 Å². The average molecular weight is 387 g/mol. The number of benzene rings is 1. The number of anilines is 2. The number of hydrogen-bond donors (Lipinski definition) is 2. The first-order chi connectivity index (χ1) is 12.6. The maximum Gasteiger partial charge on any atom is 0.341 e. The number of aromatic nitrogens is 1. The molecule has 1 aromatic carbocycles. The summed E-state index contributed by atoms with van der Waals surface area (Å²) in [6.07, 6.45) is 0. The van der Waals surface area contributed by atoms with E-state index in [1.54, 1.807) is 19.9 Å². The fraction of sp³-hybridized carbons (Fsp3) is 0.167. The molecule has 6 nitrogen and oxygen atoms in total. The van der Waals surface area contributed by atoms with Gasteiger partial charge in [0.15, 0.2) is 10.9 Å². The molecule has 0 fully saturated rings. The number of ether oxygens (including phenoxy) is 1. The third kappa shape index (κ3) is 4.27. The number of thiophene rings is 1. The first-order valence-corrected chi connectivity index (χ1v) is 9.17. The molecule has 0 aliphatic rings. The third-order valence-electron chi connectivity index (χ3n) is 3.38. The Bertz CT molecular complexity index is 919. The quantitative estimate of drug-likeness (QED) is 0.485. The Balaban J connectivity index is 1.85. The van der Waals surface area contributed by atoms with Crippen LogP contribution in [-0.4, -0.2) is 22.8 Å². The Morgan fingerprint density at radius 3 is 2.69 bits per heavy atom. The Hall–Kier alpha value is -2.71. The van der Waals surface area contributed by atoms with Gasteiger partial charge in [-0.1, -0.05) is 35.5 Å². The zero-order chi connectivity index (χ0) is 18.5. The lowest BCUT2D eigenvalue weighted by atomic mass is 10.1. The number of aryl methyl sites for hydroxylation is 1. The summed E-state index contributed by atoms with van der Waals surface area (Å²) in [6, 6.07) is 13.4. The molecule has 0 atom stereocenters. The standard InChI is InChI=1S/C18H17N3O3S2/c1-3-23-17(22)13-10-14(12-7-5-4-6-8-12)26-16(13)20-18(25)19-15-9-11(2)24-21-15/h4-10H,3H2,1-2H3,(H2,19,20,21,25). The Morgan fingerprint density at radius 2 is 2.04 bits per heavy atom. The second-order valence-electron chi connectivity index (χ2n) is 5.34. The van der Waals surface area contributed by atoms with Crippen LogP contribution in [0.4, 0.5) is 10.8 Å². The van der Waals surface area contributed by atoms with Gasteiger partial charge in [-0.05, 0) is 37.7 Å². The second-order valence-corrected chi connectivity index (χ2v) is 6.80. The molecule has 8 heteroatoms. The molecule has 2 N–H and O–H groups in total. The molecule has 3 rings (SSSR count). The molecule has 2 aromatic heterocycles. The van der Waals surface area contributed by atoms with Gasteiger partial charge < -0.3 is 19.9 Å². The van der Waals surface area contributed by atoms with Crippen molar-refractivity contribution in [3.63, 3.8) is 0 Å². The Morgan fingerprint density at radius 1 is 1.27 bits per heavy atom. The van der Waals surface area contributed by atoms with Crippen molar-refractivity contribution in [1.82, 2.24) is 5.16 Å². The van der Waals surface area contributed by atoms with Crippen LogP contribution < -0.4 is 10.6 Å². The van der Waals surface area contributed by atoms with Crippen molar-refractivity contribution in [2.45, 2.75) is 13.8 Å². The molecule has 26 heavy (non-hydrogen) atoms. The molecule has 0 bridgehead atoms. The highest BCUT2D eigenvalue weighted by molar-refractivity contribution is 7.80. The minimum absolute atomic E-state index is 0.301. The van der Waals surface area contributed by atoms with Crippen molar-refractivity contribution in [1.29, 1.82) is 0 Å². The van der Waals surface area contributed by atoms with Crippen molar-refractivity contribution in [2.75, 3.05) is 17.2 Å². The van der Waals surface area contributed by atoms with E-state index in [2.05, 4.69) is 15.8 Å². The summed E-state index contributed by atoms with van der Waals surface area (Å²) < 4.78 is 10.2. The molecule has 0 radical (unpaired) electrons. The Kier molecular flexibility index (Phi) is 5.65. The lowest BCUT2D eigenvalue weighted by Gasteiger charge is -2.08. The van der Waals surface area contributed by atoms with Gasteiger partial charge in [-0.3, -0.25) is 0 Å². The van der Waals surface area contributed by atoms with Gasteiger partial charge in [0.1, 0.15) is 10.8 Å². The number of nitrogens with zero attached hydrogens (tertiary/aromatic N) is 1. The van der Waals surface area contributed by atoms with E-state index < -0.39 is 5.97 Å². The van der Waals surface area contributed by atoms with Gasteiger partial charge in [-0.25, -0.2) is 4.79 Å². The van der Waals surface area contributed by atoms with Crippen LogP contribution in [0.1, 0.15) is 23.0 Å². The topological polar surface area (TPSA) is 76.4 Å². The highest BCUT2D eigenvalue weighted by atomic mass is 32.1. The van der Waals surface area contributed by atoms with E-state index in [4.69, 9.17) is 21.5 Å². The van der Waals surface area contributed by atoms with E-state index in [9.17, 15) is 4.79 Å². The van der Waals surface area contributed by atoms with Crippen molar-refractivity contribution in [2.24, 2.45) is 0 Å². The van der Waals surface area contributed by atoms with Crippen LogP contribution in [0.2, 0.25) is 0 Å². The van der Waals surface area contributed by atoms with Crippen molar-refractivity contribution in [3.05, 3.63) is 53.8 Å². The summed E-state index contributed by atoms with van der Waals surface area (Å²) in [5.74, 6) is 0.774. The predicted molar refractivity (Wildman–Crippen MR) is 107 cm³/mol. The lowest BCUT2D eigenvalue weighted by Crippen LogP contribution is -2.20. The second kappa shape index (κ2) is 8.11. The normalized spacial score (nSPS) is 10.4. The van der Waals surface area contributed by atoms with Gasteiger partial charge >= 0.3 is 5.97 Å². The summed E-state index contributed by atoms with van der Waals surface area (Å²) in [5.41, 5.74) is 1.46. The van der Waals surface area contributed by atoms with E-state index in [1.807, 2.05) is 36.4 Å². The summed E-state index contributed by atoms with van der Waals surface area (Å²) in [5, 5.41) is 10.7. The molecule has 0 aliphatic carbocycles. The summed E-state index contributed by atoms with van der Waals surface area (Å²) in [4.78, 5) is 13.2. The maximum absolute atomic E-state index is 12.3. The zero-order valence-corrected chi connectivity index (χ0v) is 15.9. The molecule has 0 saturated carbocycles. The maximum atomic E-state index is 12.3. The fourth-order valence-corrected chi connectivity index (χ4v) is 3.59. The van der Waals surface area contributed by atoms with Crippen molar-refractivity contribution < 1.29 is 14.1 Å². The lowest BCUT2D eigenvalue weighted by molar-refractivity contribution is 0.0528. The van der Waals surface area contributed by atoms with Crippen LogP contribution in [0.3, 0.4) is 0 Å². The number of carbonyl (C=O) groups is 1. The monoisotopic (exact) mass is 387 g/mol. The number of rotatable bonds is 5. The van der Waals surface area contributed by atoms with Gasteiger partial charge in [-0.15, -0.1) is 11.3 Å². The largest absolute Gasteiger partial charge is 0.462 e. The number of esters is 1. The SMILES string of the molecule is CCOC(=O)c1cc(-c2ccccc2)sc1NC(=S)Nc1cc(C)on1. The Labute approximate surface area is 160 Å². The number of thiocarbonyl (C=S) groups is 1. The smallest absolute Gasteiger partial charge is 0.341 e. The molecule has 2 heterocycles. The van der Waals surface area contributed by atoms with E-state index >= 15 is 0 Å². The summed E-state index contributed by atoms with van der Waals surface area (Å²) >= 11 is 6.74. The first-order valence-electron chi connectivity index (χ1n) is 7.94. The summed E-state index contributed by atoms with van der Waals surface area (Å²) in [7, 11) is 0. The minimum atomic E-state index is -0.395. The van der Waals surface area contributed by atoms with Crippen LogP contribution in [0.5, 0.6) is 0 Å². The van der Waals surface area contributed by atoms with Crippen molar-refractivity contribution >= 4 is 45.5 Å². The van der Waals surface area contributed by atoms with E-state index in [-0.39, 0.29) is 0 Å². The predicted octanol–water partition coefficient (Wildman–Crippen LogP) is 4.70. The molecule has 3 aromatic rings. The van der Waals surface area contributed by atoms with Gasteiger partial charge in [0.25, 0.3) is 0 Å². The molecule has 134 valence electrons. The molecule has 0 unspecified atom stereocenters. The molecule has 0 amide bonds. The van der Waals surface area contributed by atoms with Crippen molar-refractivity contribution in [3.8, 4) is 10.4 Å². The minimum Gasteiger partial charge on any atom is -0.462 e. The van der Waals surface area contributed by atoms with Crippen LogP contribution in [0.15, 0.2) is 47.0 Å². The molecular weight excluding hydrogens is 370 g/mol.